The average molecular weight is 1090 g/mol. The molecule has 8 unspecified atom stereocenters. The van der Waals surface area contributed by atoms with E-state index in [2.05, 4.69) is 62.5 Å². The van der Waals surface area contributed by atoms with Crippen molar-refractivity contribution in [3.8, 4) is 0 Å². The molecule has 0 aromatic carbocycles. The van der Waals surface area contributed by atoms with Crippen LogP contribution in [0.15, 0.2) is 48.6 Å². The number of esters is 1. The number of ether oxygens (including phenoxy) is 3. The van der Waals surface area contributed by atoms with Crippen molar-refractivity contribution in [2.45, 2.75) is 346 Å². The highest BCUT2D eigenvalue weighted by atomic mass is 16.7. The van der Waals surface area contributed by atoms with Crippen LogP contribution in [0.25, 0.3) is 0 Å². The van der Waals surface area contributed by atoms with Crippen molar-refractivity contribution >= 4 is 11.9 Å². The number of amides is 1. The van der Waals surface area contributed by atoms with E-state index >= 15 is 0 Å². The van der Waals surface area contributed by atoms with Gasteiger partial charge < -0.3 is 45.1 Å². The van der Waals surface area contributed by atoms with E-state index in [0.717, 1.165) is 77.0 Å². The number of nitrogens with one attached hydrogen (secondary N) is 1. The number of hydrogen-bond acceptors (Lipinski definition) is 10. The molecule has 0 aromatic rings. The molecule has 0 aliphatic carbocycles. The first-order valence-corrected chi connectivity index (χ1v) is 32.4. The number of aliphatic hydroxyl groups excluding tert-OH is 5. The summed E-state index contributed by atoms with van der Waals surface area (Å²) >= 11 is 0. The van der Waals surface area contributed by atoms with Crippen molar-refractivity contribution in [1.29, 1.82) is 0 Å². The van der Waals surface area contributed by atoms with E-state index < -0.39 is 67.4 Å². The minimum absolute atomic E-state index is 0.120. The van der Waals surface area contributed by atoms with Gasteiger partial charge in [-0.15, -0.1) is 0 Å². The zero-order valence-corrected chi connectivity index (χ0v) is 49.8. The van der Waals surface area contributed by atoms with Gasteiger partial charge in [-0.2, -0.15) is 0 Å². The quantitative estimate of drug-likeness (QED) is 0.0195. The fraction of sp³-hybridized carbons (Fsp3) is 0.848. The maximum atomic E-state index is 13.4. The molecular weight excluding hydrogens is 967 g/mol. The zero-order chi connectivity index (χ0) is 56.1. The molecule has 1 fully saturated rings. The lowest BCUT2D eigenvalue weighted by Crippen LogP contribution is -2.61. The summed E-state index contributed by atoms with van der Waals surface area (Å²) in [5, 5.41) is 57.0. The number of carbonyl (C=O) groups is 2. The van der Waals surface area contributed by atoms with E-state index in [0.29, 0.717) is 19.3 Å². The summed E-state index contributed by atoms with van der Waals surface area (Å²) in [6.45, 7) is 5.77. The van der Waals surface area contributed by atoms with Crippen molar-refractivity contribution in [3.63, 3.8) is 0 Å². The summed E-state index contributed by atoms with van der Waals surface area (Å²) < 4.78 is 17.6. The minimum atomic E-state index is -1.61. The number of unbranched alkanes of at least 4 members (excludes halogenated alkanes) is 35. The number of hydrogen-bond donors (Lipinski definition) is 6. The van der Waals surface area contributed by atoms with Crippen LogP contribution in [0.1, 0.15) is 297 Å². The van der Waals surface area contributed by atoms with Gasteiger partial charge in [0.25, 0.3) is 0 Å². The monoisotopic (exact) mass is 1090 g/mol. The molecule has 0 bridgehead atoms. The molecule has 0 spiro atoms. The first kappa shape index (κ1) is 72.6. The molecule has 0 saturated carbocycles. The highest BCUT2D eigenvalue weighted by Crippen LogP contribution is 2.26. The molecule has 11 nitrogen and oxygen atoms in total. The van der Waals surface area contributed by atoms with Crippen LogP contribution in [-0.2, 0) is 23.8 Å². The van der Waals surface area contributed by atoms with Crippen LogP contribution in [0.3, 0.4) is 0 Å². The van der Waals surface area contributed by atoms with E-state index in [1.165, 1.54) is 173 Å². The number of aliphatic hydroxyl groups is 5. The van der Waals surface area contributed by atoms with Gasteiger partial charge in [0, 0.05) is 6.42 Å². The molecule has 77 heavy (non-hydrogen) atoms. The Kier molecular flexibility index (Phi) is 51.1. The van der Waals surface area contributed by atoms with Crippen molar-refractivity contribution < 1.29 is 49.3 Å². The van der Waals surface area contributed by atoms with Crippen LogP contribution in [0.2, 0.25) is 0 Å². The van der Waals surface area contributed by atoms with Gasteiger partial charge in [0.05, 0.1) is 25.4 Å². The lowest BCUT2D eigenvalue weighted by atomic mass is 9.99. The summed E-state index contributed by atoms with van der Waals surface area (Å²) in [5.74, 6) is -1.19. The van der Waals surface area contributed by atoms with E-state index in [1.807, 2.05) is 6.08 Å². The van der Waals surface area contributed by atoms with Crippen LogP contribution in [0.4, 0.5) is 0 Å². The molecule has 11 heteroatoms. The first-order valence-electron chi connectivity index (χ1n) is 32.4. The Labute approximate surface area is 472 Å². The van der Waals surface area contributed by atoms with E-state index in [-0.39, 0.29) is 13.0 Å². The van der Waals surface area contributed by atoms with E-state index in [9.17, 15) is 35.1 Å². The second kappa shape index (κ2) is 54.2. The van der Waals surface area contributed by atoms with Crippen LogP contribution in [-0.4, -0.2) is 99.6 Å². The third kappa shape index (κ3) is 42.2. The number of rotatable bonds is 55. The fourth-order valence-corrected chi connectivity index (χ4v) is 10.1. The van der Waals surface area contributed by atoms with Crippen LogP contribution < -0.4 is 5.32 Å². The third-order valence-corrected chi connectivity index (χ3v) is 15.2. The summed E-state index contributed by atoms with van der Waals surface area (Å²) in [4.78, 5) is 26.6. The van der Waals surface area contributed by atoms with Crippen molar-refractivity contribution in [2.75, 3.05) is 13.2 Å². The highest BCUT2D eigenvalue weighted by Gasteiger charge is 2.47. The van der Waals surface area contributed by atoms with E-state index in [4.69, 9.17) is 14.2 Å². The molecule has 0 radical (unpaired) electrons. The first-order chi connectivity index (χ1) is 37.7. The van der Waals surface area contributed by atoms with Crippen molar-refractivity contribution in [2.24, 2.45) is 0 Å². The number of carbonyl (C=O) groups excluding carboxylic acids is 2. The fourth-order valence-electron chi connectivity index (χ4n) is 10.1. The predicted octanol–water partition coefficient (Wildman–Crippen LogP) is 15.6. The molecule has 8 atom stereocenters. The number of allylic oxidation sites excluding steroid dienone is 7. The summed E-state index contributed by atoms with van der Waals surface area (Å²) in [6.07, 6.45) is 55.8. The predicted molar refractivity (Wildman–Crippen MR) is 320 cm³/mol. The molecule has 1 saturated heterocycles. The van der Waals surface area contributed by atoms with Gasteiger partial charge in [-0.25, -0.2) is 0 Å². The van der Waals surface area contributed by atoms with Gasteiger partial charge >= 0.3 is 5.97 Å². The Bertz CT molecular complexity index is 1440. The second-order valence-corrected chi connectivity index (χ2v) is 22.5. The van der Waals surface area contributed by atoms with Gasteiger partial charge in [0.15, 0.2) is 12.4 Å². The van der Waals surface area contributed by atoms with Crippen LogP contribution in [0, 0.1) is 0 Å². The van der Waals surface area contributed by atoms with Gasteiger partial charge in [-0.05, 0) is 64.2 Å². The van der Waals surface area contributed by atoms with Crippen molar-refractivity contribution in [1.82, 2.24) is 5.32 Å². The Morgan fingerprint density at radius 2 is 0.896 bits per heavy atom. The van der Waals surface area contributed by atoms with Gasteiger partial charge in [0.1, 0.15) is 24.4 Å². The molecule has 1 aliphatic heterocycles. The normalized spacial score (nSPS) is 19.3. The van der Waals surface area contributed by atoms with Gasteiger partial charge in [0.2, 0.25) is 5.91 Å². The molecule has 1 amide bonds. The topological polar surface area (TPSA) is 175 Å². The maximum absolute atomic E-state index is 13.4. The van der Waals surface area contributed by atoms with Crippen LogP contribution in [0.5, 0.6) is 0 Å². The Morgan fingerprint density at radius 1 is 0.506 bits per heavy atom. The van der Waals surface area contributed by atoms with Gasteiger partial charge in [-0.1, -0.05) is 275 Å². The lowest BCUT2D eigenvalue weighted by Gasteiger charge is -2.41. The molecule has 1 rings (SSSR count). The van der Waals surface area contributed by atoms with Crippen LogP contribution >= 0.6 is 0 Å². The summed E-state index contributed by atoms with van der Waals surface area (Å²) in [6, 6.07) is -1.02. The molecule has 450 valence electrons. The summed E-state index contributed by atoms with van der Waals surface area (Å²) in [5.41, 5.74) is 0. The largest absolute Gasteiger partial charge is 0.454 e. The Morgan fingerprint density at radius 3 is 1.36 bits per heavy atom. The Balaban J connectivity index is 2.60. The average Bonchev–Trinajstić information content (AvgIpc) is 3.43. The standard InChI is InChI=1S/C66H121NO10/c1-4-7-10-13-16-19-22-24-26-27-28-29-30-31-32-33-34-36-39-42-45-48-51-54-61(71)77-64-63(73)62(72)60(55-68)76-66(64)75-56-57(58(69)52-49-46-43-40-37-21-18-15-12-9-6-3)67-65(74)59(70)53-50-47-44-41-38-35-25-23-20-17-14-11-8-5-2/h16,19,24,26,28-29,49,52,57-60,62-64,66,68-70,72-73H,4-15,17-18,20-23,25,27,30-48,50-51,53-56H2,1-3H3,(H,67,74)/b19-16-,26-24-,29-28-,52-49+. The smallest absolute Gasteiger partial charge is 0.306 e. The SMILES string of the molecule is CCCCC/C=C\C/C=C\C/C=C\CCCCCCCCCCCCC(=O)OC1C(OCC(NC(=O)C(O)CCCCCCCCCCCCCCCC)C(O)/C=C/CCCCCCCCCCC)OC(CO)C(O)C1O. The zero-order valence-electron chi connectivity index (χ0n) is 49.8. The summed E-state index contributed by atoms with van der Waals surface area (Å²) in [7, 11) is 0. The van der Waals surface area contributed by atoms with Gasteiger partial charge in [-0.3, -0.25) is 9.59 Å². The van der Waals surface area contributed by atoms with Crippen molar-refractivity contribution in [3.05, 3.63) is 48.6 Å². The molecule has 1 aliphatic rings. The molecule has 6 N–H and O–H groups in total. The second-order valence-electron chi connectivity index (χ2n) is 22.5. The molecule has 1 heterocycles. The van der Waals surface area contributed by atoms with E-state index in [1.54, 1.807) is 6.08 Å². The molecular formula is C66H121NO10. The Hall–Kier alpha value is -2.38. The lowest BCUT2D eigenvalue weighted by molar-refractivity contribution is -0.305. The highest BCUT2D eigenvalue weighted by molar-refractivity contribution is 5.80. The third-order valence-electron chi connectivity index (χ3n) is 15.2. The molecule has 0 aromatic heterocycles. The maximum Gasteiger partial charge on any atom is 0.306 e. The minimum Gasteiger partial charge on any atom is -0.454 e.